The molecule has 25 heavy (non-hydrogen) atoms. The predicted octanol–water partition coefficient (Wildman–Crippen LogP) is 3.36. The van der Waals surface area contributed by atoms with Crippen molar-refractivity contribution >= 4 is 5.91 Å². The van der Waals surface area contributed by atoms with Crippen molar-refractivity contribution in [1.82, 2.24) is 5.32 Å². The molecule has 1 amide bonds. The molecular weight excluding hydrogens is 318 g/mol. The first kappa shape index (κ1) is 17.5. The Hall–Kier alpha value is -2.37. The smallest absolute Gasteiger partial charge is 0.217 e. The highest BCUT2D eigenvalue weighted by atomic mass is 16.7. The minimum Gasteiger partial charge on any atom is -0.494 e. The number of nitrogens with one attached hydrogen (secondary N) is 1. The van der Waals surface area contributed by atoms with E-state index in [2.05, 4.69) is 5.32 Å². The monoisotopic (exact) mass is 341 g/mol. The first-order valence-electron chi connectivity index (χ1n) is 8.50. The van der Waals surface area contributed by atoms with E-state index in [0.29, 0.717) is 19.8 Å². The molecule has 0 spiro atoms. The summed E-state index contributed by atoms with van der Waals surface area (Å²) in [5.41, 5.74) is 2.93. The van der Waals surface area contributed by atoms with Crippen molar-refractivity contribution in [2.24, 2.45) is 0 Å². The third kappa shape index (κ3) is 4.38. The third-order valence-corrected chi connectivity index (χ3v) is 4.01. The highest BCUT2D eigenvalue weighted by Gasteiger charge is 2.21. The van der Waals surface area contributed by atoms with Crippen molar-refractivity contribution in [3.63, 3.8) is 0 Å². The van der Waals surface area contributed by atoms with Crippen molar-refractivity contribution in [2.75, 3.05) is 19.8 Å². The van der Waals surface area contributed by atoms with Crippen LogP contribution < -0.4 is 10.1 Å². The van der Waals surface area contributed by atoms with Gasteiger partial charge in [-0.2, -0.15) is 0 Å². The van der Waals surface area contributed by atoms with E-state index in [1.807, 2.05) is 55.5 Å². The second kappa shape index (κ2) is 8.14. The van der Waals surface area contributed by atoms with Crippen molar-refractivity contribution in [3.8, 4) is 5.75 Å². The van der Waals surface area contributed by atoms with Crippen LogP contribution in [0.5, 0.6) is 5.75 Å². The quantitative estimate of drug-likeness (QED) is 0.875. The first-order chi connectivity index (χ1) is 12.2. The van der Waals surface area contributed by atoms with Gasteiger partial charge in [-0.3, -0.25) is 4.79 Å². The lowest BCUT2D eigenvalue weighted by atomic mass is 9.96. The third-order valence-electron chi connectivity index (χ3n) is 4.01. The fourth-order valence-corrected chi connectivity index (χ4v) is 2.92. The summed E-state index contributed by atoms with van der Waals surface area (Å²) in [6.45, 7) is 5.30. The molecule has 3 rings (SSSR count). The van der Waals surface area contributed by atoms with Crippen LogP contribution in [0.15, 0.2) is 48.5 Å². The summed E-state index contributed by atoms with van der Waals surface area (Å²) in [5.74, 6) is 0.729. The average molecular weight is 341 g/mol. The number of rotatable bonds is 6. The number of ether oxygens (including phenoxy) is 3. The Balaban J connectivity index is 1.89. The summed E-state index contributed by atoms with van der Waals surface area (Å²) >= 11 is 0. The second-order valence-corrected chi connectivity index (χ2v) is 5.88. The molecule has 0 aromatic heterocycles. The van der Waals surface area contributed by atoms with E-state index in [1.54, 1.807) is 0 Å². The Morgan fingerprint density at radius 1 is 1.16 bits per heavy atom. The van der Waals surface area contributed by atoms with Crippen LogP contribution in [0.1, 0.15) is 42.9 Å². The number of carbonyl (C=O) groups is 1. The van der Waals surface area contributed by atoms with E-state index in [1.165, 1.54) is 6.92 Å². The lowest BCUT2D eigenvalue weighted by Gasteiger charge is -2.21. The van der Waals surface area contributed by atoms with Gasteiger partial charge in [-0.15, -0.1) is 0 Å². The predicted molar refractivity (Wildman–Crippen MR) is 94.4 cm³/mol. The molecular formula is C20H23NO4. The normalized spacial score (nSPS) is 15.8. The molecule has 0 aliphatic carbocycles. The van der Waals surface area contributed by atoms with Crippen LogP contribution in [0.2, 0.25) is 0 Å². The SMILES string of the molecule is CCOc1ccc(C(NC(C)=O)c2cccc(C3OCCO3)c2)cc1. The molecule has 1 aliphatic heterocycles. The minimum atomic E-state index is -0.335. The summed E-state index contributed by atoms with van der Waals surface area (Å²) in [6, 6.07) is 15.5. The maximum atomic E-state index is 11.7. The zero-order valence-electron chi connectivity index (χ0n) is 14.5. The average Bonchev–Trinajstić information content (AvgIpc) is 3.15. The molecule has 1 N–H and O–H groups in total. The highest BCUT2D eigenvalue weighted by Crippen LogP contribution is 2.29. The van der Waals surface area contributed by atoms with E-state index in [4.69, 9.17) is 14.2 Å². The van der Waals surface area contributed by atoms with Crippen molar-refractivity contribution in [3.05, 3.63) is 65.2 Å². The molecule has 2 aromatic rings. The van der Waals surface area contributed by atoms with Crippen LogP contribution in [0.3, 0.4) is 0 Å². The molecule has 1 heterocycles. The van der Waals surface area contributed by atoms with Crippen LogP contribution in [0.25, 0.3) is 0 Å². The van der Waals surface area contributed by atoms with E-state index in [0.717, 1.165) is 22.4 Å². The lowest BCUT2D eigenvalue weighted by Crippen LogP contribution is -2.27. The van der Waals surface area contributed by atoms with Crippen LogP contribution >= 0.6 is 0 Å². The van der Waals surface area contributed by atoms with Crippen molar-refractivity contribution < 1.29 is 19.0 Å². The molecule has 1 saturated heterocycles. The summed E-state index contributed by atoms with van der Waals surface area (Å²) in [6.07, 6.45) is -0.335. The topological polar surface area (TPSA) is 56.8 Å². The standard InChI is InChI=1S/C20H23NO4/c1-3-23-18-9-7-15(8-10-18)19(21-14(2)22)16-5-4-6-17(13-16)20-24-11-12-25-20/h4-10,13,19-20H,3,11-12H2,1-2H3,(H,21,22). The molecule has 1 fully saturated rings. The molecule has 5 heteroatoms. The lowest BCUT2D eigenvalue weighted by molar-refractivity contribution is -0.119. The molecule has 1 atom stereocenters. The summed E-state index contributed by atoms with van der Waals surface area (Å²) in [5, 5.41) is 3.02. The molecule has 1 unspecified atom stereocenters. The van der Waals surface area contributed by atoms with Gasteiger partial charge < -0.3 is 19.5 Å². The number of carbonyl (C=O) groups excluding carboxylic acids is 1. The summed E-state index contributed by atoms with van der Waals surface area (Å²) < 4.78 is 16.6. The highest BCUT2D eigenvalue weighted by molar-refractivity contribution is 5.74. The van der Waals surface area contributed by atoms with Crippen LogP contribution in [0, 0.1) is 0 Å². The van der Waals surface area contributed by atoms with Gasteiger partial charge in [-0.1, -0.05) is 30.3 Å². The number of hydrogen-bond donors (Lipinski definition) is 1. The van der Waals surface area contributed by atoms with Gasteiger partial charge in [-0.25, -0.2) is 0 Å². The maximum Gasteiger partial charge on any atom is 0.217 e. The van der Waals surface area contributed by atoms with Crippen molar-refractivity contribution in [2.45, 2.75) is 26.2 Å². The number of amides is 1. The first-order valence-corrected chi connectivity index (χ1v) is 8.50. The Kier molecular flexibility index (Phi) is 5.68. The Bertz CT molecular complexity index is 708. The van der Waals surface area contributed by atoms with Gasteiger partial charge in [0, 0.05) is 12.5 Å². The zero-order valence-corrected chi connectivity index (χ0v) is 14.5. The zero-order chi connectivity index (χ0) is 17.6. The molecule has 1 aliphatic rings. The molecule has 2 aromatic carbocycles. The summed E-state index contributed by atoms with van der Waals surface area (Å²) in [7, 11) is 0. The fourth-order valence-electron chi connectivity index (χ4n) is 2.92. The van der Waals surface area contributed by atoms with E-state index in [-0.39, 0.29) is 18.2 Å². The Morgan fingerprint density at radius 2 is 1.88 bits per heavy atom. The number of benzene rings is 2. The molecule has 0 saturated carbocycles. The van der Waals surface area contributed by atoms with Gasteiger partial charge in [0.05, 0.1) is 25.9 Å². The van der Waals surface area contributed by atoms with Crippen molar-refractivity contribution in [1.29, 1.82) is 0 Å². The molecule has 5 nitrogen and oxygen atoms in total. The van der Waals surface area contributed by atoms with E-state index < -0.39 is 0 Å². The Morgan fingerprint density at radius 3 is 2.52 bits per heavy atom. The van der Waals surface area contributed by atoms with Crippen LogP contribution in [0.4, 0.5) is 0 Å². The molecule has 132 valence electrons. The summed E-state index contributed by atoms with van der Waals surface area (Å²) in [4.78, 5) is 11.7. The molecule has 0 radical (unpaired) electrons. The van der Waals surface area contributed by atoms with Gasteiger partial charge in [-0.05, 0) is 36.2 Å². The van der Waals surface area contributed by atoms with E-state index >= 15 is 0 Å². The maximum absolute atomic E-state index is 11.7. The van der Waals surface area contributed by atoms with Gasteiger partial charge in [0.1, 0.15) is 5.75 Å². The van der Waals surface area contributed by atoms with Crippen LogP contribution in [-0.2, 0) is 14.3 Å². The second-order valence-electron chi connectivity index (χ2n) is 5.88. The minimum absolute atomic E-state index is 0.0855. The van der Waals surface area contributed by atoms with Gasteiger partial charge in [0.2, 0.25) is 5.91 Å². The largest absolute Gasteiger partial charge is 0.494 e. The van der Waals surface area contributed by atoms with Crippen LogP contribution in [-0.4, -0.2) is 25.7 Å². The number of hydrogen-bond acceptors (Lipinski definition) is 4. The molecule has 0 bridgehead atoms. The van der Waals surface area contributed by atoms with Gasteiger partial charge in [0.25, 0.3) is 0 Å². The van der Waals surface area contributed by atoms with Gasteiger partial charge >= 0.3 is 0 Å². The van der Waals surface area contributed by atoms with Gasteiger partial charge in [0.15, 0.2) is 6.29 Å². The fraction of sp³-hybridized carbons (Fsp3) is 0.350. The van der Waals surface area contributed by atoms with E-state index in [9.17, 15) is 4.79 Å². The Labute approximate surface area is 147 Å².